The lowest BCUT2D eigenvalue weighted by atomic mass is 10.0. The summed E-state index contributed by atoms with van der Waals surface area (Å²) in [6, 6.07) is 3.99. The van der Waals surface area contributed by atoms with E-state index in [-0.39, 0.29) is 29.5 Å². The highest BCUT2D eigenvalue weighted by Crippen LogP contribution is 2.31. The number of rotatable bonds is 8. The van der Waals surface area contributed by atoms with Crippen molar-refractivity contribution < 1.29 is 23.9 Å². The van der Waals surface area contributed by atoms with Gasteiger partial charge in [0.2, 0.25) is 0 Å². The first-order valence-electron chi connectivity index (χ1n) is 8.38. The average molecular weight is 367 g/mol. The number of carbonyl (C=O) groups excluding carboxylic acids is 1. The van der Waals surface area contributed by atoms with Crippen molar-refractivity contribution in [2.45, 2.75) is 19.4 Å². The molecule has 9 nitrogen and oxygen atoms in total. The molecule has 1 aromatic rings. The summed E-state index contributed by atoms with van der Waals surface area (Å²) in [6.07, 6.45) is 0. The van der Waals surface area contributed by atoms with Crippen LogP contribution in [0.1, 0.15) is 13.8 Å². The third-order valence-electron chi connectivity index (χ3n) is 4.30. The van der Waals surface area contributed by atoms with E-state index in [2.05, 4.69) is 24.1 Å². The van der Waals surface area contributed by atoms with E-state index in [1.807, 2.05) is 0 Å². The lowest BCUT2D eigenvalue weighted by Gasteiger charge is -2.40. The van der Waals surface area contributed by atoms with E-state index in [9.17, 15) is 14.9 Å². The van der Waals surface area contributed by atoms with E-state index >= 15 is 0 Å². The van der Waals surface area contributed by atoms with Gasteiger partial charge in [0.15, 0.2) is 18.1 Å². The van der Waals surface area contributed by atoms with Gasteiger partial charge in [-0.2, -0.15) is 0 Å². The molecule has 144 valence electrons. The topological polar surface area (TPSA) is 103 Å². The third kappa shape index (κ3) is 5.30. The van der Waals surface area contributed by atoms with Crippen molar-refractivity contribution in [2.75, 3.05) is 46.6 Å². The maximum absolute atomic E-state index is 12.1. The number of nitrogens with one attached hydrogen (secondary N) is 1. The first-order valence-corrected chi connectivity index (χ1v) is 8.38. The van der Waals surface area contributed by atoms with Crippen LogP contribution in [0.2, 0.25) is 0 Å². The SMILES string of the molecule is COc1ccc([N+](=O)[O-])cc1OCC(=O)NCC(C)(C)N1CCOCC1. The summed E-state index contributed by atoms with van der Waals surface area (Å²) in [7, 11) is 1.43. The van der Waals surface area contributed by atoms with E-state index in [1.54, 1.807) is 0 Å². The fraction of sp³-hybridized carbons (Fsp3) is 0.588. The largest absolute Gasteiger partial charge is 0.493 e. The van der Waals surface area contributed by atoms with Crippen molar-refractivity contribution in [3.63, 3.8) is 0 Å². The van der Waals surface area contributed by atoms with Crippen LogP contribution in [-0.4, -0.2) is 67.8 Å². The molecule has 1 aliphatic rings. The van der Waals surface area contributed by atoms with E-state index in [1.165, 1.54) is 25.3 Å². The molecule has 0 radical (unpaired) electrons. The third-order valence-corrected chi connectivity index (χ3v) is 4.30. The van der Waals surface area contributed by atoms with Crippen molar-refractivity contribution in [2.24, 2.45) is 0 Å². The van der Waals surface area contributed by atoms with Gasteiger partial charge >= 0.3 is 0 Å². The molecule has 1 aromatic carbocycles. The number of methoxy groups -OCH3 is 1. The van der Waals surface area contributed by atoms with Gasteiger partial charge in [-0.25, -0.2) is 0 Å². The summed E-state index contributed by atoms with van der Waals surface area (Å²) in [5.74, 6) is 0.182. The van der Waals surface area contributed by atoms with Gasteiger partial charge in [-0.15, -0.1) is 0 Å². The maximum Gasteiger partial charge on any atom is 0.273 e. The minimum atomic E-state index is -0.531. The van der Waals surface area contributed by atoms with Crippen LogP contribution in [0.3, 0.4) is 0 Å². The second kappa shape index (κ2) is 8.81. The number of amides is 1. The molecule has 0 unspecified atom stereocenters. The first-order chi connectivity index (χ1) is 12.3. The molecule has 1 aliphatic heterocycles. The lowest BCUT2D eigenvalue weighted by molar-refractivity contribution is -0.385. The van der Waals surface area contributed by atoms with Crippen LogP contribution in [0.15, 0.2) is 18.2 Å². The molecule has 0 aliphatic carbocycles. The molecule has 0 bridgehead atoms. The zero-order chi connectivity index (χ0) is 19.2. The van der Waals surface area contributed by atoms with Gasteiger partial charge in [0.1, 0.15) is 0 Å². The number of non-ortho nitro benzene ring substituents is 1. The number of nitro benzene ring substituents is 1. The first kappa shape index (κ1) is 19.9. The molecule has 26 heavy (non-hydrogen) atoms. The van der Waals surface area contributed by atoms with Crippen molar-refractivity contribution in [3.8, 4) is 11.5 Å². The molecular weight excluding hydrogens is 342 g/mol. The van der Waals surface area contributed by atoms with Crippen LogP contribution >= 0.6 is 0 Å². The van der Waals surface area contributed by atoms with Crippen molar-refractivity contribution >= 4 is 11.6 Å². The molecule has 0 aromatic heterocycles. The molecule has 1 amide bonds. The number of nitrogens with zero attached hydrogens (tertiary/aromatic N) is 2. The fourth-order valence-corrected chi connectivity index (χ4v) is 2.68. The second-order valence-electron chi connectivity index (χ2n) is 6.57. The van der Waals surface area contributed by atoms with Crippen LogP contribution < -0.4 is 14.8 Å². The monoisotopic (exact) mass is 367 g/mol. The minimum absolute atomic E-state index is 0.130. The predicted octanol–water partition coefficient (Wildman–Crippen LogP) is 1.21. The number of nitro groups is 1. The van der Waals surface area contributed by atoms with E-state index < -0.39 is 4.92 Å². The van der Waals surface area contributed by atoms with Gasteiger partial charge in [0.05, 0.1) is 31.3 Å². The van der Waals surface area contributed by atoms with Crippen LogP contribution in [0.4, 0.5) is 5.69 Å². The van der Waals surface area contributed by atoms with Gasteiger partial charge in [0, 0.05) is 31.2 Å². The Morgan fingerprint density at radius 1 is 1.35 bits per heavy atom. The molecule has 9 heteroatoms. The molecule has 1 fully saturated rings. The molecule has 1 N–H and O–H groups in total. The Kier molecular flexibility index (Phi) is 6.76. The van der Waals surface area contributed by atoms with Gasteiger partial charge in [-0.1, -0.05) is 0 Å². The molecule has 0 atom stereocenters. The smallest absolute Gasteiger partial charge is 0.273 e. The normalized spacial score (nSPS) is 15.3. The van der Waals surface area contributed by atoms with Crippen molar-refractivity contribution in [3.05, 3.63) is 28.3 Å². The fourth-order valence-electron chi connectivity index (χ4n) is 2.68. The Labute approximate surface area is 152 Å². The Morgan fingerprint density at radius 2 is 2.04 bits per heavy atom. The standard InChI is InChI=1S/C17H25N3O6/c1-17(2,19-6-8-25-9-7-19)12-18-16(21)11-26-15-10-13(20(22)23)4-5-14(15)24-3/h4-5,10H,6-9,11-12H2,1-3H3,(H,18,21). The van der Waals surface area contributed by atoms with Gasteiger partial charge in [-0.3, -0.25) is 19.8 Å². The van der Waals surface area contributed by atoms with Gasteiger partial charge in [-0.05, 0) is 19.9 Å². The van der Waals surface area contributed by atoms with E-state index in [0.29, 0.717) is 25.5 Å². The summed E-state index contributed by atoms with van der Waals surface area (Å²) in [5.41, 5.74) is -0.336. The Balaban J connectivity index is 1.88. The van der Waals surface area contributed by atoms with Crippen molar-refractivity contribution in [1.82, 2.24) is 10.2 Å². The highest BCUT2D eigenvalue weighted by atomic mass is 16.6. The molecule has 0 spiro atoms. The highest BCUT2D eigenvalue weighted by molar-refractivity contribution is 5.77. The summed E-state index contributed by atoms with van der Waals surface area (Å²) in [4.78, 5) is 24.7. The van der Waals surface area contributed by atoms with Crippen molar-refractivity contribution in [1.29, 1.82) is 0 Å². The van der Waals surface area contributed by atoms with E-state index in [0.717, 1.165) is 13.1 Å². The number of benzene rings is 1. The zero-order valence-electron chi connectivity index (χ0n) is 15.3. The quantitative estimate of drug-likeness (QED) is 0.544. The number of morpholine rings is 1. The number of carbonyl (C=O) groups is 1. The second-order valence-corrected chi connectivity index (χ2v) is 6.57. The number of ether oxygens (including phenoxy) is 3. The summed E-state index contributed by atoms with van der Waals surface area (Å²) < 4.78 is 15.9. The number of hydrogen-bond acceptors (Lipinski definition) is 7. The molecule has 0 saturated carbocycles. The zero-order valence-corrected chi connectivity index (χ0v) is 15.3. The molecular formula is C17H25N3O6. The average Bonchev–Trinajstić information content (AvgIpc) is 2.65. The molecule has 2 rings (SSSR count). The Morgan fingerprint density at radius 3 is 2.65 bits per heavy atom. The molecule has 1 heterocycles. The maximum atomic E-state index is 12.1. The Bertz CT molecular complexity index is 643. The van der Waals surface area contributed by atoms with Crippen LogP contribution in [0, 0.1) is 10.1 Å². The summed E-state index contributed by atoms with van der Waals surface area (Å²) >= 11 is 0. The van der Waals surface area contributed by atoms with Gasteiger partial charge < -0.3 is 19.5 Å². The lowest BCUT2D eigenvalue weighted by Crippen LogP contribution is -2.55. The van der Waals surface area contributed by atoms with Crippen LogP contribution in [-0.2, 0) is 9.53 Å². The minimum Gasteiger partial charge on any atom is -0.493 e. The molecule has 1 saturated heterocycles. The Hall–Kier alpha value is -2.39. The summed E-state index contributed by atoms with van der Waals surface area (Å²) in [6.45, 7) is 7.35. The van der Waals surface area contributed by atoms with Crippen LogP contribution in [0.25, 0.3) is 0 Å². The van der Waals surface area contributed by atoms with Gasteiger partial charge in [0.25, 0.3) is 11.6 Å². The predicted molar refractivity (Wildman–Crippen MR) is 94.6 cm³/mol. The van der Waals surface area contributed by atoms with E-state index in [4.69, 9.17) is 14.2 Å². The number of hydrogen-bond donors (Lipinski definition) is 1. The van der Waals surface area contributed by atoms with Crippen LogP contribution in [0.5, 0.6) is 11.5 Å². The summed E-state index contributed by atoms with van der Waals surface area (Å²) in [5, 5.41) is 13.7. The highest BCUT2D eigenvalue weighted by Gasteiger charge is 2.28.